The summed E-state index contributed by atoms with van der Waals surface area (Å²) >= 11 is 0. The van der Waals surface area contributed by atoms with Crippen LogP contribution in [0.2, 0.25) is 0 Å². The van der Waals surface area contributed by atoms with Crippen LogP contribution in [0.4, 0.5) is 17.6 Å². The van der Waals surface area contributed by atoms with E-state index in [2.05, 4.69) is 25.3 Å². The Bertz CT molecular complexity index is 1190. The second kappa shape index (κ2) is 9.76. The van der Waals surface area contributed by atoms with Crippen LogP contribution in [-0.4, -0.2) is 38.9 Å². The van der Waals surface area contributed by atoms with Gasteiger partial charge in [-0.3, -0.25) is 10.1 Å². The van der Waals surface area contributed by atoms with Crippen LogP contribution in [-0.2, 0) is 11.2 Å². The minimum Gasteiger partial charge on any atom is -0.320 e. The lowest BCUT2D eigenvalue weighted by Crippen LogP contribution is -2.37. The molecule has 8 heteroatoms. The molecule has 4 aromatic rings. The summed E-state index contributed by atoms with van der Waals surface area (Å²) in [4.78, 5) is 31.9. The Hall–Kier alpha value is -4.17. The Labute approximate surface area is 186 Å². The number of nitrogens with two attached hydrogens (primary N) is 1. The minimum absolute atomic E-state index is 0.181. The molecule has 2 aromatic heterocycles. The smallest absolute Gasteiger partial charge is 0.243 e. The van der Waals surface area contributed by atoms with E-state index in [-0.39, 0.29) is 11.9 Å². The van der Waals surface area contributed by atoms with E-state index < -0.39 is 6.04 Å². The van der Waals surface area contributed by atoms with Crippen molar-refractivity contribution in [2.45, 2.75) is 12.5 Å². The fraction of sp³-hybridized carbons (Fsp3) is 0.125. The number of hydrogen-bond acceptors (Lipinski definition) is 7. The van der Waals surface area contributed by atoms with Crippen LogP contribution in [0, 0.1) is 0 Å². The fourth-order valence-corrected chi connectivity index (χ4v) is 3.14. The molecule has 0 aliphatic rings. The molecule has 4 rings (SSSR count). The molecule has 0 unspecified atom stereocenters. The van der Waals surface area contributed by atoms with Crippen molar-refractivity contribution in [3.8, 4) is 11.4 Å². The molecule has 160 valence electrons. The molecule has 0 saturated carbocycles. The Morgan fingerprint density at radius 2 is 1.53 bits per heavy atom. The summed E-state index contributed by atoms with van der Waals surface area (Å²) in [6.07, 6.45) is 3.71. The van der Waals surface area contributed by atoms with Crippen LogP contribution < -0.4 is 16.0 Å². The van der Waals surface area contributed by atoms with E-state index in [4.69, 9.17) is 5.73 Å². The summed E-state index contributed by atoms with van der Waals surface area (Å²) in [5, 5.41) is 2.70. The highest BCUT2D eigenvalue weighted by atomic mass is 16.2. The molecule has 1 atom stereocenters. The highest BCUT2D eigenvalue weighted by Crippen LogP contribution is 2.22. The molecule has 0 fully saturated rings. The van der Waals surface area contributed by atoms with Gasteiger partial charge in [0.05, 0.1) is 6.04 Å². The first-order chi connectivity index (χ1) is 15.6. The van der Waals surface area contributed by atoms with E-state index in [0.29, 0.717) is 23.9 Å². The average Bonchev–Trinajstić information content (AvgIpc) is 2.85. The summed E-state index contributed by atoms with van der Waals surface area (Å²) < 4.78 is 0. The van der Waals surface area contributed by atoms with Crippen molar-refractivity contribution in [1.82, 2.24) is 19.9 Å². The molecule has 0 aliphatic carbocycles. The molecule has 0 spiro atoms. The van der Waals surface area contributed by atoms with Crippen molar-refractivity contribution < 1.29 is 4.79 Å². The summed E-state index contributed by atoms with van der Waals surface area (Å²) in [6, 6.07) is 22.2. The zero-order valence-electron chi connectivity index (χ0n) is 17.6. The highest BCUT2D eigenvalue weighted by molar-refractivity contribution is 5.93. The maximum atomic E-state index is 12.5. The van der Waals surface area contributed by atoms with Gasteiger partial charge in [-0.1, -0.05) is 60.7 Å². The van der Waals surface area contributed by atoms with Gasteiger partial charge in [0, 0.05) is 25.0 Å². The van der Waals surface area contributed by atoms with Gasteiger partial charge in [0.2, 0.25) is 11.9 Å². The van der Waals surface area contributed by atoms with E-state index in [1.165, 1.54) is 0 Å². The number of aromatic nitrogens is 4. The van der Waals surface area contributed by atoms with Gasteiger partial charge in [0.25, 0.3) is 0 Å². The molecule has 2 aromatic carbocycles. The Morgan fingerprint density at radius 1 is 0.906 bits per heavy atom. The standard InChI is InChI=1S/C24H23N7O/c1-31(20-12-14-26-22(28-20)18-10-6-3-7-11-18)21-13-15-27-24(29-21)30-23(32)19(25)16-17-8-4-2-5-9-17/h2-15,19H,16,25H2,1H3,(H,27,29,30,32)/t19-/m1/s1. The lowest BCUT2D eigenvalue weighted by molar-refractivity contribution is -0.117. The first-order valence-electron chi connectivity index (χ1n) is 10.2. The Morgan fingerprint density at radius 3 is 2.25 bits per heavy atom. The number of hydrogen-bond donors (Lipinski definition) is 2. The second-order valence-corrected chi connectivity index (χ2v) is 7.19. The van der Waals surface area contributed by atoms with Crippen molar-refractivity contribution in [2.24, 2.45) is 5.73 Å². The van der Waals surface area contributed by atoms with Gasteiger partial charge in [-0.2, -0.15) is 4.98 Å². The number of anilines is 3. The molecule has 0 saturated heterocycles. The summed E-state index contributed by atoms with van der Waals surface area (Å²) in [5.41, 5.74) is 7.97. The van der Waals surface area contributed by atoms with Crippen molar-refractivity contribution in [1.29, 1.82) is 0 Å². The lowest BCUT2D eigenvalue weighted by Gasteiger charge is -2.18. The molecule has 1 amide bonds. The first kappa shape index (κ1) is 21.1. The Balaban J connectivity index is 1.47. The molecule has 0 aliphatic heterocycles. The van der Waals surface area contributed by atoms with Crippen LogP contribution in [0.15, 0.2) is 85.2 Å². The maximum Gasteiger partial charge on any atom is 0.243 e. The summed E-state index contributed by atoms with van der Waals surface area (Å²) in [5.74, 6) is 1.69. The van der Waals surface area contributed by atoms with E-state index >= 15 is 0 Å². The van der Waals surface area contributed by atoms with Crippen molar-refractivity contribution in [3.05, 3.63) is 90.8 Å². The highest BCUT2D eigenvalue weighted by Gasteiger charge is 2.16. The minimum atomic E-state index is -0.710. The lowest BCUT2D eigenvalue weighted by atomic mass is 10.1. The molecule has 0 bridgehead atoms. The van der Waals surface area contributed by atoms with Crippen LogP contribution in [0.3, 0.4) is 0 Å². The van der Waals surface area contributed by atoms with E-state index in [1.54, 1.807) is 29.4 Å². The number of nitrogens with one attached hydrogen (secondary N) is 1. The monoisotopic (exact) mass is 425 g/mol. The van der Waals surface area contributed by atoms with E-state index in [1.807, 2.05) is 67.7 Å². The number of rotatable bonds is 7. The van der Waals surface area contributed by atoms with Crippen LogP contribution >= 0.6 is 0 Å². The largest absolute Gasteiger partial charge is 0.320 e. The SMILES string of the molecule is CN(c1ccnc(NC(=O)[C@H](N)Cc2ccccc2)n1)c1ccnc(-c2ccccc2)n1. The van der Waals surface area contributed by atoms with E-state index in [0.717, 1.165) is 11.1 Å². The third-order valence-electron chi connectivity index (χ3n) is 4.87. The maximum absolute atomic E-state index is 12.5. The molecule has 2 heterocycles. The molecule has 32 heavy (non-hydrogen) atoms. The van der Waals surface area contributed by atoms with Crippen molar-refractivity contribution in [2.75, 3.05) is 17.3 Å². The number of amides is 1. The molecular formula is C24H23N7O. The normalized spacial score (nSPS) is 11.6. The number of carbonyl (C=O) groups excluding carboxylic acids is 1. The van der Waals surface area contributed by atoms with E-state index in [9.17, 15) is 4.79 Å². The first-order valence-corrected chi connectivity index (χ1v) is 10.2. The van der Waals surface area contributed by atoms with Crippen LogP contribution in [0.5, 0.6) is 0 Å². The predicted molar refractivity (Wildman–Crippen MR) is 124 cm³/mol. The summed E-state index contributed by atoms with van der Waals surface area (Å²) in [6.45, 7) is 0. The zero-order valence-corrected chi connectivity index (χ0v) is 17.6. The van der Waals surface area contributed by atoms with Gasteiger partial charge >= 0.3 is 0 Å². The Kier molecular flexibility index (Phi) is 6.43. The number of carbonyl (C=O) groups is 1. The van der Waals surface area contributed by atoms with Gasteiger partial charge < -0.3 is 10.6 Å². The van der Waals surface area contributed by atoms with Gasteiger partial charge in [-0.15, -0.1) is 0 Å². The van der Waals surface area contributed by atoms with Gasteiger partial charge in [-0.05, 0) is 24.1 Å². The third-order valence-corrected chi connectivity index (χ3v) is 4.87. The van der Waals surface area contributed by atoms with Crippen LogP contribution in [0.25, 0.3) is 11.4 Å². The average molecular weight is 425 g/mol. The molecule has 3 N–H and O–H groups in total. The predicted octanol–water partition coefficient (Wildman–Crippen LogP) is 3.21. The summed E-state index contributed by atoms with van der Waals surface area (Å²) in [7, 11) is 1.84. The second-order valence-electron chi connectivity index (χ2n) is 7.19. The van der Waals surface area contributed by atoms with Crippen LogP contribution in [0.1, 0.15) is 5.56 Å². The van der Waals surface area contributed by atoms with Gasteiger partial charge in [0.1, 0.15) is 11.6 Å². The fourth-order valence-electron chi connectivity index (χ4n) is 3.14. The van der Waals surface area contributed by atoms with Gasteiger partial charge in [0.15, 0.2) is 5.82 Å². The zero-order chi connectivity index (χ0) is 22.3. The van der Waals surface area contributed by atoms with Gasteiger partial charge in [-0.25, -0.2) is 15.0 Å². The number of benzene rings is 2. The van der Waals surface area contributed by atoms with Crippen molar-refractivity contribution in [3.63, 3.8) is 0 Å². The molecule has 8 nitrogen and oxygen atoms in total. The molecular weight excluding hydrogens is 402 g/mol. The third kappa shape index (κ3) is 5.11. The topological polar surface area (TPSA) is 110 Å². The quantitative estimate of drug-likeness (QED) is 0.468. The molecule has 0 radical (unpaired) electrons. The van der Waals surface area contributed by atoms with Crippen molar-refractivity contribution >= 4 is 23.5 Å². The number of nitrogens with zero attached hydrogens (tertiary/aromatic N) is 5.